The van der Waals surface area contributed by atoms with E-state index in [4.69, 9.17) is 0 Å². The summed E-state index contributed by atoms with van der Waals surface area (Å²) in [5.74, 6) is -0.245. The van der Waals surface area contributed by atoms with Crippen molar-refractivity contribution < 1.29 is 13.2 Å². The Labute approximate surface area is 145 Å². The zero-order valence-electron chi connectivity index (χ0n) is 14.7. The minimum absolute atomic E-state index is 0.0497. The summed E-state index contributed by atoms with van der Waals surface area (Å²) in [4.78, 5) is 12.0. The van der Waals surface area contributed by atoms with Gasteiger partial charge < -0.3 is 5.32 Å². The molecule has 1 N–H and O–H groups in total. The molecule has 6 nitrogen and oxygen atoms in total. The molecule has 24 heavy (non-hydrogen) atoms. The second-order valence-corrected chi connectivity index (χ2v) is 8.32. The van der Waals surface area contributed by atoms with Crippen molar-refractivity contribution in [2.24, 2.45) is 0 Å². The molecule has 0 radical (unpaired) electrons. The molecule has 134 valence electrons. The Morgan fingerprint density at radius 2 is 1.83 bits per heavy atom. The van der Waals surface area contributed by atoms with Crippen LogP contribution in [0.3, 0.4) is 0 Å². The van der Waals surface area contributed by atoms with E-state index in [1.165, 1.54) is 8.61 Å². The van der Waals surface area contributed by atoms with E-state index in [0.717, 1.165) is 24.0 Å². The van der Waals surface area contributed by atoms with Gasteiger partial charge in [0, 0.05) is 25.7 Å². The highest BCUT2D eigenvalue weighted by atomic mass is 32.2. The molecule has 1 amide bonds. The zero-order valence-corrected chi connectivity index (χ0v) is 15.5. The quantitative estimate of drug-likeness (QED) is 0.846. The van der Waals surface area contributed by atoms with Gasteiger partial charge in [0.2, 0.25) is 5.91 Å². The lowest BCUT2D eigenvalue weighted by Gasteiger charge is -2.34. The van der Waals surface area contributed by atoms with E-state index in [9.17, 15) is 13.2 Å². The molecule has 0 saturated carbocycles. The third kappa shape index (κ3) is 4.78. The Morgan fingerprint density at radius 3 is 2.46 bits per heavy atom. The Balaban J connectivity index is 2.04. The third-order valence-corrected chi connectivity index (χ3v) is 6.22. The minimum atomic E-state index is -3.60. The number of amides is 1. The number of rotatable bonds is 6. The Bertz CT molecular complexity index is 658. The second kappa shape index (κ2) is 8.09. The lowest BCUT2D eigenvalue weighted by atomic mass is 10.1. The lowest BCUT2D eigenvalue weighted by Crippen LogP contribution is -2.52. The first-order valence-corrected chi connectivity index (χ1v) is 9.82. The van der Waals surface area contributed by atoms with Crippen molar-refractivity contribution in [2.45, 2.75) is 46.2 Å². The molecule has 1 aromatic carbocycles. The molecule has 0 aromatic heterocycles. The number of aryl methyl sites for hydroxylation is 1. The van der Waals surface area contributed by atoms with Crippen molar-refractivity contribution in [1.82, 2.24) is 13.9 Å². The van der Waals surface area contributed by atoms with E-state index in [-0.39, 0.29) is 18.5 Å². The zero-order chi connectivity index (χ0) is 17.7. The van der Waals surface area contributed by atoms with Crippen LogP contribution in [-0.2, 0) is 21.5 Å². The fraction of sp³-hybridized carbons (Fsp3) is 0.588. The van der Waals surface area contributed by atoms with Gasteiger partial charge >= 0.3 is 0 Å². The first kappa shape index (κ1) is 18.9. The van der Waals surface area contributed by atoms with Crippen LogP contribution in [0.15, 0.2) is 24.3 Å². The Morgan fingerprint density at radius 1 is 1.21 bits per heavy atom. The molecule has 1 aromatic rings. The van der Waals surface area contributed by atoms with Crippen LogP contribution in [0.5, 0.6) is 0 Å². The number of nitrogens with one attached hydrogen (secondary N) is 1. The third-order valence-electron chi connectivity index (χ3n) is 4.29. The van der Waals surface area contributed by atoms with Gasteiger partial charge in [-0.2, -0.15) is 17.0 Å². The summed E-state index contributed by atoms with van der Waals surface area (Å²) in [6, 6.07) is 7.89. The van der Waals surface area contributed by atoms with Crippen LogP contribution in [0.25, 0.3) is 0 Å². The van der Waals surface area contributed by atoms with E-state index in [2.05, 4.69) is 5.32 Å². The summed E-state index contributed by atoms with van der Waals surface area (Å²) in [7, 11) is -3.60. The highest BCUT2D eigenvalue weighted by molar-refractivity contribution is 7.86. The van der Waals surface area contributed by atoms with Crippen LogP contribution in [-0.4, -0.2) is 48.6 Å². The van der Waals surface area contributed by atoms with Crippen molar-refractivity contribution in [3.05, 3.63) is 35.4 Å². The highest BCUT2D eigenvalue weighted by Gasteiger charge is 2.34. The van der Waals surface area contributed by atoms with Crippen LogP contribution in [0.1, 0.15) is 37.8 Å². The van der Waals surface area contributed by atoms with E-state index >= 15 is 0 Å². The number of nitrogens with zero attached hydrogens (tertiary/aromatic N) is 2. The number of benzene rings is 1. The average Bonchev–Trinajstić information content (AvgIpc) is 2.53. The maximum absolute atomic E-state index is 12.7. The lowest BCUT2D eigenvalue weighted by molar-refractivity contribution is -0.122. The number of hydrogen-bond acceptors (Lipinski definition) is 3. The molecule has 0 aliphatic carbocycles. The monoisotopic (exact) mass is 353 g/mol. The molecular formula is C17H27N3O3S. The molecule has 1 aliphatic rings. The van der Waals surface area contributed by atoms with Crippen LogP contribution in [0.2, 0.25) is 0 Å². The minimum Gasteiger partial charge on any atom is -0.353 e. The van der Waals surface area contributed by atoms with Gasteiger partial charge in [-0.15, -0.1) is 0 Å². The first-order chi connectivity index (χ1) is 11.3. The maximum atomic E-state index is 12.7. The Hall–Kier alpha value is -1.44. The van der Waals surface area contributed by atoms with E-state index < -0.39 is 10.2 Å². The molecule has 0 spiro atoms. The highest BCUT2D eigenvalue weighted by Crippen LogP contribution is 2.19. The molecule has 0 bridgehead atoms. The molecule has 7 heteroatoms. The molecule has 1 aliphatic heterocycles. The topological polar surface area (TPSA) is 69.7 Å². The normalized spacial score (nSPS) is 19.8. The summed E-state index contributed by atoms with van der Waals surface area (Å²) < 4.78 is 28.2. The van der Waals surface area contributed by atoms with Gasteiger partial charge in [-0.05, 0) is 32.3 Å². The predicted molar refractivity (Wildman–Crippen MR) is 94.6 cm³/mol. The maximum Gasteiger partial charge on any atom is 0.282 e. The SMILES string of the molecule is CCC(C)NC(=O)CN1CCCN(Cc2ccc(C)cc2)S1(=O)=O. The smallest absolute Gasteiger partial charge is 0.282 e. The summed E-state index contributed by atoms with van der Waals surface area (Å²) in [5.41, 5.74) is 2.10. The predicted octanol–water partition coefficient (Wildman–Crippen LogP) is 1.66. The molecule has 2 rings (SSSR count). The number of carbonyl (C=O) groups is 1. The molecule has 1 fully saturated rings. The van der Waals surface area contributed by atoms with Gasteiger partial charge in [0.1, 0.15) is 0 Å². The molecule has 1 unspecified atom stereocenters. The number of hydrogen-bond donors (Lipinski definition) is 1. The molecule has 1 saturated heterocycles. The summed E-state index contributed by atoms with van der Waals surface area (Å²) in [6.45, 7) is 6.99. The van der Waals surface area contributed by atoms with Crippen LogP contribution in [0, 0.1) is 6.92 Å². The summed E-state index contributed by atoms with van der Waals surface area (Å²) in [5, 5.41) is 2.82. The largest absolute Gasteiger partial charge is 0.353 e. The van der Waals surface area contributed by atoms with Crippen LogP contribution >= 0.6 is 0 Å². The van der Waals surface area contributed by atoms with Gasteiger partial charge in [-0.3, -0.25) is 4.79 Å². The van der Waals surface area contributed by atoms with Crippen molar-refractivity contribution >= 4 is 16.1 Å². The van der Waals surface area contributed by atoms with Crippen molar-refractivity contribution in [3.63, 3.8) is 0 Å². The average molecular weight is 353 g/mol. The summed E-state index contributed by atoms with van der Waals surface area (Å²) in [6.07, 6.45) is 1.54. The first-order valence-electron chi connectivity index (χ1n) is 8.43. The van der Waals surface area contributed by atoms with Gasteiger partial charge in [0.15, 0.2) is 0 Å². The molecule has 1 atom stereocenters. The van der Waals surface area contributed by atoms with Crippen molar-refractivity contribution in [2.75, 3.05) is 19.6 Å². The van der Waals surface area contributed by atoms with Gasteiger partial charge in [-0.1, -0.05) is 36.8 Å². The van der Waals surface area contributed by atoms with Gasteiger partial charge in [-0.25, -0.2) is 0 Å². The van der Waals surface area contributed by atoms with E-state index in [1.807, 2.05) is 45.0 Å². The van der Waals surface area contributed by atoms with Crippen molar-refractivity contribution in [1.29, 1.82) is 0 Å². The van der Waals surface area contributed by atoms with Gasteiger partial charge in [0.05, 0.1) is 6.54 Å². The summed E-state index contributed by atoms with van der Waals surface area (Å²) >= 11 is 0. The fourth-order valence-corrected chi connectivity index (χ4v) is 4.26. The van der Waals surface area contributed by atoms with E-state index in [0.29, 0.717) is 19.6 Å². The Kier molecular flexibility index (Phi) is 6.37. The second-order valence-electron chi connectivity index (χ2n) is 6.39. The standard InChI is InChI=1S/C17H27N3O3S/c1-4-15(3)18-17(21)13-20-11-5-10-19(24(20,22)23)12-16-8-6-14(2)7-9-16/h6-9,15H,4-5,10-13H2,1-3H3,(H,18,21). The van der Waals surface area contributed by atoms with Crippen LogP contribution < -0.4 is 5.32 Å². The van der Waals surface area contributed by atoms with E-state index in [1.54, 1.807) is 0 Å². The fourth-order valence-electron chi connectivity index (χ4n) is 2.62. The number of carbonyl (C=O) groups excluding carboxylic acids is 1. The molecular weight excluding hydrogens is 326 g/mol. The van der Waals surface area contributed by atoms with Gasteiger partial charge in [0.25, 0.3) is 10.2 Å². The molecule has 1 heterocycles. The van der Waals surface area contributed by atoms with Crippen molar-refractivity contribution in [3.8, 4) is 0 Å². The van der Waals surface area contributed by atoms with Crippen LogP contribution in [0.4, 0.5) is 0 Å².